The molecule has 0 amide bonds. The second kappa shape index (κ2) is 8.49. The molecule has 0 unspecified atom stereocenters. The number of imidazole rings is 1. The Hall–Kier alpha value is -2.62. The van der Waals surface area contributed by atoms with E-state index in [1.807, 2.05) is 11.5 Å². The standard InChI is InChI=1S/C21H30N6O3S/c1-13(2)6-11-27-16-17(24(4)21(29)25(5)18(16)28)23-19(27)30-15-7-9-26(10-8-15)20-22-14(3)12-31-20/h12-13,15H,6-11H2,1-5H3. The Bertz CT molecular complexity index is 1200. The third-order valence-electron chi connectivity index (χ3n) is 5.83. The van der Waals surface area contributed by atoms with Gasteiger partial charge in [0.25, 0.3) is 11.6 Å². The molecular formula is C21H30N6O3S. The number of hydrogen-bond donors (Lipinski definition) is 0. The van der Waals surface area contributed by atoms with Gasteiger partial charge in [0.15, 0.2) is 16.3 Å². The summed E-state index contributed by atoms with van der Waals surface area (Å²) in [6.07, 6.45) is 2.59. The first-order valence-corrected chi connectivity index (χ1v) is 11.6. The van der Waals surface area contributed by atoms with Crippen LogP contribution >= 0.6 is 11.3 Å². The van der Waals surface area contributed by atoms with Gasteiger partial charge in [-0.3, -0.25) is 18.5 Å². The molecule has 1 saturated heterocycles. The topological polar surface area (TPSA) is 87.2 Å². The summed E-state index contributed by atoms with van der Waals surface area (Å²) < 4.78 is 10.7. The monoisotopic (exact) mass is 446 g/mol. The number of nitrogens with zero attached hydrogens (tertiary/aromatic N) is 6. The van der Waals surface area contributed by atoms with Crippen LogP contribution in [0.4, 0.5) is 5.13 Å². The van der Waals surface area contributed by atoms with Crippen LogP contribution in [-0.4, -0.2) is 42.9 Å². The number of anilines is 1. The van der Waals surface area contributed by atoms with E-state index < -0.39 is 0 Å². The van der Waals surface area contributed by atoms with Crippen molar-refractivity contribution in [1.29, 1.82) is 0 Å². The molecule has 0 bridgehead atoms. The van der Waals surface area contributed by atoms with E-state index in [9.17, 15) is 9.59 Å². The Balaban J connectivity index is 1.62. The van der Waals surface area contributed by atoms with Crippen molar-refractivity contribution in [3.05, 3.63) is 31.9 Å². The van der Waals surface area contributed by atoms with Gasteiger partial charge in [-0.1, -0.05) is 13.8 Å². The fourth-order valence-corrected chi connectivity index (χ4v) is 4.77. The lowest BCUT2D eigenvalue weighted by atomic mass is 10.1. The smallest absolute Gasteiger partial charge is 0.332 e. The van der Waals surface area contributed by atoms with Gasteiger partial charge in [-0.2, -0.15) is 4.98 Å². The molecule has 4 rings (SSSR count). The third-order valence-corrected chi connectivity index (χ3v) is 6.85. The predicted molar refractivity (Wildman–Crippen MR) is 122 cm³/mol. The van der Waals surface area contributed by atoms with Crippen LogP contribution < -0.4 is 20.9 Å². The van der Waals surface area contributed by atoms with E-state index in [4.69, 9.17) is 4.74 Å². The van der Waals surface area contributed by atoms with Crippen molar-refractivity contribution in [3.8, 4) is 6.01 Å². The lowest BCUT2D eigenvalue weighted by molar-refractivity contribution is 0.150. The highest BCUT2D eigenvalue weighted by atomic mass is 32.1. The van der Waals surface area contributed by atoms with Crippen LogP contribution in [-0.2, 0) is 20.6 Å². The average Bonchev–Trinajstić information content (AvgIpc) is 3.33. The summed E-state index contributed by atoms with van der Waals surface area (Å²) in [5.41, 5.74) is 1.13. The number of ether oxygens (including phenoxy) is 1. The number of hydrogen-bond acceptors (Lipinski definition) is 7. The molecule has 168 valence electrons. The van der Waals surface area contributed by atoms with E-state index >= 15 is 0 Å². The van der Waals surface area contributed by atoms with Crippen molar-refractivity contribution in [3.63, 3.8) is 0 Å². The molecule has 3 aromatic rings. The molecule has 9 nitrogen and oxygen atoms in total. The van der Waals surface area contributed by atoms with Gasteiger partial charge in [-0.05, 0) is 19.3 Å². The Kier molecular flexibility index (Phi) is 5.92. The van der Waals surface area contributed by atoms with Gasteiger partial charge in [0, 0.05) is 52.0 Å². The Labute approximate surface area is 184 Å². The zero-order valence-corrected chi connectivity index (χ0v) is 19.6. The van der Waals surface area contributed by atoms with Crippen LogP contribution in [0.3, 0.4) is 0 Å². The fourth-order valence-electron chi connectivity index (χ4n) is 3.91. The molecule has 10 heteroatoms. The Morgan fingerprint density at radius 1 is 1.16 bits per heavy atom. The summed E-state index contributed by atoms with van der Waals surface area (Å²) in [6.45, 7) is 8.64. The first-order chi connectivity index (χ1) is 14.8. The molecule has 31 heavy (non-hydrogen) atoms. The maximum Gasteiger partial charge on any atom is 0.332 e. The van der Waals surface area contributed by atoms with Gasteiger partial charge in [0.05, 0.1) is 5.69 Å². The molecule has 0 saturated carbocycles. The Morgan fingerprint density at radius 3 is 2.48 bits per heavy atom. The van der Waals surface area contributed by atoms with Crippen molar-refractivity contribution in [2.75, 3.05) is 18.0 Å². The molecular weight excluding hydrogens is 416 g/mol. The quantitative estimate of drug-likeness (QED) is 0.577. The molecule has 4 heterocycles. The number of aromatic nitrogens is 5. The molecule has 0 aromatic carbocycles. The summed E-state index contributed by atoms with van der Waals surface area (Å²) in [5, 5.41) is 3.12. The summed E-state index contributed by atoms with van der Waals surface area (Å²) in [6, 6.07) is 0.428. The van der Waals surface area contributed by atoms with Crippen molar-refractivity contribution in [2.24, 2.45) is 20.0 Å². The van der Waals surface area contributed by atoms with Gasteiger partial charge in [0.1, 0.15) is 6.10 Å². The molecule has 1 fully saturated rings. The van der Waals surface area contributed by atoms with E-state index in [1.54, 1.807) is 18.4 Å². The minimum atomic E-state index is -0.385. The van der Waals surface area contributed by atoms with Gasteiger partial charge >= 0.3 is 5.69 Å². The third kappa shape index (κ3) is 4.13. The average molecular weight is 447 g/mol. The second-order valence-electron chi connectivity index (χ2n) is 8.68. The van der Waals surface area contributed by atoms with Gasteiger partial charge in [-0.25, -0.2) is 9.78 Å². The Morgan fingerprint density at radius 2 is 1.87 bits per heavy atom. The van der Waals surface area contributed by atoms with Crippen LogP contribution in [0.25, 0.3) is 11.2 Å². The molecule has 0 N–H and O–H groups in total. The fraction of sp³-hybridized carbons (Fsp3) is 0.619. The largest absolute Gasteiger partial charge is 0.461 e. The van der Waals surface area contributed by atoms with Crippen LogP contribution in [0.1, 0.15) is 38.8 Å². The highest BCUT2D eigenvalue weighted by Gasteiger charge is 2.26. The molecule has 0 atom stereocenters. The van der Waals surface area contributed by atoms with Crippen molar-refractivity contribution in [2.45, 2.75) is 52.7 Å². The second-order valence-corrected chi connectivity index (χ2v) is 9.52. The summed E-state index contributed by atoms with van der Waals surface area (Å²) in [5.74, 6) is 0.465. The molecule has 0 aliphatic carbocycles. The lowest BCUT2D eigenvalue weighted by Gasteiger charge is -2.31. The zero-order chi connectivity index (χ0) is 22.3. The minimum absolute atomic E-state index is 0.00722. The SMILES string of the molecule is Cc1csc(N2CCC(Oc3nc4c(c(=O)n(C)c(=O)n4C)n3CCC(C)C)CC2)n1. The summed E-state index contributed by atoms with van der Waals surface area (Å²) in [7, 11) is 3.14. The molecule has 0 radical (unpaired) electrons. The van der Waals surface area contributed by atoms with E-state index in [2.05, 4.69) is 34.1 Å². The molecule has 1 aliphatic rings. The summed E-state index contributed by atoms with van der Waals surface area (Å²) in [4.78, 5) is 36.7. The number of aryl methyl sites for hydroxylation is 3. The van der Waals surface area contributed by atoms with Crippen molar-refractivity contribution in [1.82, 2.24) is 23.7 Å². The maximum atomic E-state index is 12.9. The molecule has 1 aliphatic heterocycles. The first kappa shape index (κ1) is 21.6. The number of rotatable bonds is 6. The van der Waals surface area contributed by atoms with Crippen LogP contribution in [0.15, 0.2) is 15.0 Å². The lowest BCUT2D eigenvalue weighted by Crippen LogP contribution is -2.38. The van der Waals surface area contributed by atoms with E-state index in [0.29, 0.717) is 29.6 Å². The summed E-state index contributed by atoms with van der Waals surface area (Å²) >= 11 is 1.67. The minimum Gasteiger partial charge on any atom is -0.461 e. The number of piperidine rings is 1. The van der Waals surface area contributed by atoms with Gasteiger partial charge in [-0.15, -0.1) is 11.3 Å². The van der Waals surface area contributed by atoms with Crippen LogP contribution in [0.5, 0.6) is 6.01 Å². The van der Waals surface area contributed by atoms with E-state index in [-0.39, 0.29) is 17.4 Å². The van der Waals surface area contributed by atoms with Crippen LogP contribution in [0.2, 0.25) is 0 Å². The predicted octanol–water partition coefficient (Wildman–Crippen LogP) is 2.29. The number of fused-ring (bicyclic) bond motifs is 1. The number of thiazole rings is 1. The van der Waals surface area contributed by atoms with Crippen molar-refractivity contribution >= 4 is 27.6 Å². The van der Waals surface area contributed by atoms with Gasteiger partial charge < -0.3 is 9.64 Å². The van der Waals surface area contributed by atoms with E-state index in [1.165, 1.54) is 11.6 Å². The van der Waals surface area contributed by atoms with Crippen molar-refractivity contribution < 1.29 is 4.74 Å². The highest BCUT2D eigenvalue weighted by Crippen LogP contribution is 2.27. The first-order valence-electron chi connectivity index (χ1n) is 10.8. The zero-order valence-electron chi connectivity index (χ0n) is 18.8. The van der Waals surface area contributed by atoms with Gasteiger partial charge in [0.2, 0.25) is 0 Å². The van der Waals surface area contributed by atoms with E-state index in [0.717, 1.165) is 47.7 Å². The normalized spacial score (nSPS) is 15.4. The maximum absolute atomic E-state index is 12.9. The van der Waals surface area contributed by atoms with Crippen LogP contribution in [0, 0.1) is 12.8 Å². The highest BCUT2D eigenvalue weighted by molar-refractivity contribution is 7.13. The molecule has 0 spiro atoms. The molecule has 3 aromatic heterocycles.